The molecule has 164 valence electrons. The molecule has 2 amide bonds. The Morgan fingerprint density at radius 1 is 1.13 bits per heavy atom. The fourth-order valence-corrected chi connectivity index (χ4v) is 3.98. The largest absolute Gasteiger partial charge is 0.503 e. The maximum Gasteiger partial charge on any atom is 0.274 e. The molecule has 2 aliphatic rings. The van der Waals surface area contributed by atoms with Crippen LogP contribution in [0.4, 0.5) is 13.2 Å². The van der Waals surface area contributed by atoms with E-state index in [9.17, 15) is 37.8 Å². The summed E-state index contributed by atoms with van der Waals surface area (Å²) >= 11 is 0. The third-order valence-corrected chi connectivity index (χ3v) is 5.57. The molecule has 0 radical (unpaired) electrons. The first-order valence-electron chi connectivity index (χ1n) is 9.54. The topological polar surface area (TPSA) is 112 Å². The fourth-order valence-electron chi connectivity index (χ4n) is 3.98. The minimum Gasteiger partial charge on any atom is -0.503 e. The van der Waals surface area contributed by atoms with Crippen LogP contribution in [0.3, 0.4) is 0 Å². The number of pyridine rings is 1. The molecule has 1 saturated heterocycles. The van der Waals surface area contributed by atoms with E-state index < -0.39 is 64.2 Å². The Hall–Kier alpha value is -3.34. The highest BCUT2D eigenvalue weighted by atomic mass is 19.1. The van der Waals surface area contributed by atoms with Crippen molar-refractivity contribution in [3.63, 3.8) is 0 Å². The molecular weight excluding hydrogens is 419 g/mol. The maximum absolute atomic E-state index is 13.8. The van der Waals surface area contributed by atoms with Gasteiger partial charge in [0.2, 0.25) is 5.43 Å². The average Bonchev–Trinajstić information content (AvgIpc) is 2.87. The molecule has 0 saturated carbocycles. The van der Waals surface area contributed by atoms with Gasteiger partial charge in [0.25, 0.3) is 11.8 Å². The van der Waals surface area contributed by atoms with E-state index >= 15 is 0 Å². The van der Waals surface area contributed by atoms with Crippen molar-refractivity contribution in [3.8, 4) is 5.75 Å². The maximum atomic E-state index is 13.8. The normalized spacial score (nSPS) is 20.3. The molecule has 4 rings (SSSR count). The van der Waals surface area contributed by atoms with Gasteiger partial charge in [0.1, 0.15) is 23.0 Å². The Kier molecular flexibility index (Phi) is 5.21. The van der Waals surface area contributed by atoms with Crippen molar-refractivity contribution >= 4 is 11.8 Å². The van der Waals surface area contributed by atoms with Gasteiger partial charge < -0.3 is 25.0 Å². The summed E-state index contributed by atoms with van der Waals surface area (Å²) in [5, 5.41) is 22.5. The van der Waals surface area contributed by atoms with Gasteiger partial charge in [0, 0.05) is 43.5 Å². The number of aliphatic hydroxyl groups excluding tert-OH is 1. The van der Waals surface area contributed by atoms with Crippen molar-refractivity contribution in [3.05, 3.63) is 62.8 Å². The molecular formula is C20H18F3N3O5. The number of carbonyl (C=O) groups excluding carboxylic acids is 2. The number of amides is 2. The summed E-state index contributed by atoms with van der Waals surface area (Å²) in [6.07, 6.45) is 1.20. The molecule has 0 spiro atoms. The van der Waals surface area contributed by atoms with E-state index in [1.54, 1.807) is 0 Å². The molecule has 2 atom stereocenters. The van der Waals surface area contributed by atoms with Crippen LogP contribution in [0.25, 0.3) is 0 Å². The highest BCUT2D eigenvalue weighted by Crippen LogP contribution is 2.32. The standard InChI is InChI=1S/C20H18F3N3O5/c21-9-3-14(22)12(15(23)4-9)5-24-19(30)13-8-26-10-1-2-11(27)7-25(6-10)20(31)16(26)18(29)17(13)28/h3-4,8,10-11,27,29H,1-2,5-7H2,(H,24,30). The minimum atomic E-state index is -1.20. The molecule has 3 heterocycles. The zero-order valence-corrected chi connectivity index (χ0v) is 16.1. The Balaban J connectivity index is 1.67. The van der Waals surface area contributed by atoms with Crippen LogP contribution >= 0.6 is 0 Å². The van der Waals surface area contributed by atoms with E-state index in [-0.39, 0.29) is 24.8 Å². The number of hydrogen-bond donors (Lipinski definition) is 3. The number of rotatable bonds is 3. The highest BCUT2D eigenvalue weighted by molar-refractivity contribution is 5.99. The smallest absolute Gasteiger partial charge is 0.274 e. The quantitative estimate of drug-likeness (QED) is 0.665. The van der Waals surface area contributed by atoms with Crippen LogP contribution in [0.2, 0.25) is 0 Å². The van der Waals surface area contributed by atoms with E-state index in [1.165, 1.54) is 9.47 Å². The van der Waals surface area contributed by atoms with Crippen LogP contribution in [0.1, 0.15) is 45.3 Å². The number of aromatic nitrogens is 1. The summed E-state index contributed by atoms with van der Waals surface area (Å²) < 4.78 is 41.9. The SMILES string of the molecule is O=C(NCc1c(F)cc(F)cc1F)c1cn2c(c(O)c1=O)C(=O)N1CC(O)CCC2C1. The number of nitrogens with zero attached hydrogens (tertiary/aromatic N) is 2. The summed E-state index contributed by atoms with van der Waals surface area (Å²) in [5.74, 6) is -6.11. The molecule has 0 aliphatic carbocycles. The van der Waals surface area contributed by atoms with Crippen LogP contribution < -0.4 is 10.7 Å². The predicted octanol–water partition coefficient (Wildman–Crippen LogP) is 1.05. The third kappa shape index (κ3) is 3.65. The van der Waals surface area contributed by atoms with Gasteiger partial charge in [-0.05, 0) is 12.8 Å². The van der Waals surface area contributed by atoms with Crippen molar-refractivity contribution in [2.45, 2.75) is 31.5 Å². The van der Waals surface area contributed by atoms with Crippen LogP contribution in [0, 0.1) is 17.5 Å². The predicted molar refractivity (Wildman–Crippen MR) is 100 cm³/mol. The third-order valence-electron chi connectivity index (χ3n) is 5.57. The molecule has 11 heteroatoms. The number of hydrogen-bond acceptors (Lipinski definition) is 5. The second kappa shape index (κ2) is 7.73. The summed E-state index contributed by atoms with van der Waals surface area (Å²) in [6, 6.07) is 0.541. The molecule has 1 fully saturated rings. The molecule has 2 aliphatic heterocycles. The van der Waals surface area contributed by atoms with Crippen molar-refractivity contribution in [1.82, 2.24) is 14.8 Å². The van der Waals surface area contributed by atoms with E-state index in [4.69, 9.17) is 0 Å². The first-order chi connectivity index (χ1) is 14.7. The summed E-state index contributed by atoms with van der Waals surface area (Å²) in [6.45, 7) is -0.362. The Morgan fingerprint density at radius 2 is 1.81 bits per heavy atom. The van der Waals surface area contributed by atoms with Crippen LogP contribution in [-0.2, 0) is 6.54 Å². The van der Waals surface area contributed by atoms with E-state index in [0.29, 0.717) is 25.0 Å². The highest BCUT2D eigenvalue weighted by Gasteiger charge is 2.38. The second-order valence-corrected chi connectivity index (χ2v) is 7.60. The van der Waals surface area contributed by atoms with Crippen molar-refractivity contribution in [1.29, 1.82) is 0 Å². The lowest BCUT2D eigenvalue weighted by Crippen LogP contribution is -2.45. The van der Waals surface area contributed by atoms with Gasteiger partial charge in [0.15, 0.2) is 11.4 Å². The second-order valence-electron chi connectivity index (χ2n) is 7.60. The van der Waals surface area contributed by atoms with Gasteiger partial charge in [0.05, 0.1) is 12.1 Å². The molecule has 1 aromatic carbocycles. The van der Waals surface area contributed by atoms with Gasteiger partial charge in [-0.3, -0.25) is 14.4 Å². The zero-order valence-electron chi connectivity index (χ0n) is 16.1. The summed E-state index contributed by atoms with van der Waals surface area (Å²) in [5.41, 5.74) is -2.50. The van der Waals surface area contributed by atoms with E-state index in [1.807, 2.05) is 0 Å². The lowest BCUT2D eigenvalue weighted by Gasteiger charge is -2.34. The molecule has 2 aromatic rings. The summed E-state index contributed by atoms with van der Waals surface area (Å²) in [4.78, 5) is 39.1. The lowest BCUT2D eigenvalue weighted by molar-refractivity contribution is 0.0588. The zero-order chi connectivity index (χ0) is 22.4. The van der Waals surface area contributed by atoms with Gasteiger partial charge >= 0.3 is 0 Å². The fraction of sp³-hybridized carbons (Fsp3) is 0.350. The van der Waals surface area contributed by atoms with Gasteiger partial charge in [-0.2, -0.15) is 0 Å². The average molecular weight is 437 g/mol. The Bertz CT molecular complexity index is 1130. The van der Waals surface area contributed by atoms with Crippen LogP contribution in [-0.4, -0.2) is 50.7 Å². The number of aliphatic hydroxyl groups is 1. The summed E-state index contributed by atoms with van der Waals surface area (Å²) in [7, 11) is 0. The van der Waals surface area contributed by atoms with Gasteiger partial charge in [-0.15, -0.1) is 0 Å². The first-order valence-corrected chi connectivity index (χ1v) is 9.54. The lowest BCUT2D eigenvalue weighted by atomic mass is 10.1. The van der Waals surface area contributed by atoms with Gasteiger partial charge in [-0.25, -0.2) is 13.2 Å². The van der Waals surface area contributed by atoms with E-state index in [2.05, 4.69) is 5.32 Å². The van der Waals surface area contributed by atoms with Crippen LogP contribution in [0.15, 0.2) is 23.1 Å². The number of nitrogens with one attached hydrogen (secondary N) is 1. The molecule has 3 N–H and O–H groups in total. The molecule has 2 unspecified atom stereocenters. The molecule has 2 bridgehead atoms. The Morgan fingerprint density at radius 3 is 2.48 bits per heavy atom. The minimum absolute atomic E-state index is 0.0694. The van der Waals surface area contributed by atoms with Crippen molar-refractivity contribution < 1.29 is 33.0 Å². The molecule has 8 nitrogen and oxygen atoms in total. The number of benzene rings is 1. The van der Waals surface area contributed by atoms with Crippen LogP contribution in [0.5, 0.6) is 5.75 Å². The number of fused-ring (bicyclic) bond motifs is 4. The van der Waals surface area contributed by atoms with Crippen molar-refractivity contribution in [2.75, 3.05) is 13.1 Å². The molecule has 31 heavy (non-hydrogen) atoms. The van der Waals surface area contributed by atoms with E-state index in [0.717, 1.165) is 6.20 Å². The Labute approximate surface area is 173 Å². The first kappa shape index (κ1) is 20.9. The number of carbonyl (C=O) groups is 2. The molecule has 1 aromatic heterocycles. The van der Waals surface area contributed by atoms with Crippen molar-refractivity contribution in [2.24, 2.45) is 0 Å². The van der Waals surface area contributed by atoms with Gasteiger partial charge in [-0.1, -0.05) is 0 Å². The number of halogens is 3. The monoisotopic (exact) mass is 437 g/mol. The number of aromatic hydroxyl groups is 1.